The van der Waals surface area contributed by atoms with Crippen LogP contribution in [0.15, 0.2) is 0 Å². The smallest absolute Gasteiger partial charge is 0.320 e. The summed E-state index contributed by atoms with van der Waals surface area (Å²) in [4.78, 5) is 10.4. The molecule has 0 heterocycles. The van der Waals surface area contributed by atoms with E-state index in [1.54, 1.807) is 0 Å². The molecule has 0 aromatic heterocycles. The number of nitrogens with one attached hydrogen (secondary N) is 1. The Balaban J connectivity index is 3.61. The van der Waals surface area contributed by atoms with Crippen molar-refractivity contribution < 1.29 is 9.90 Å². The maximum atomic E-state index is 10.4. The molecular weight excluding hydrogens is 150 g/mol. The molecule has 60 valence electrons. The van der Waals surface area contributed by atoms with Crippen LogP contribution in [0.25, 0.3) is 0 Å². The Morgan fingerprint density at radius 2 is 2.40 bits per heavy atom. The van der Waals surface area contributed by atoms with Crippen molar-refractivity contribution in [3.63, 3.8) is 0 Å². The lowest BCUT2D eigenvalue weighted by atomic mass is 10.2. The van der Waals surface area contributed by atoms with E-state index in [9.17, 15) is 4.79 Å². The molecule has 2 N–H and O–H groups in total. The summed E-state index contributed by atoms with van der Waals surface area (Å²) in [7, 11) is 0. The van der Waals surface area contributed by atoms with Crippen LogP contribution in [0.2, 0.25) is 0 Å². The molecule has 0 aliphatic carbocycles. The van der Waals surface area contributed by atoms with E-state index in [0.29, 0.717) is 18.7 Å². The van der Waals surface area contributed by atoms with Gasteiger partial charge in [0.15, 0.2) is 0 Å². The fraction of sp³-hybridized carbons (Fsp3) is 0.833. The summed E-state index contributed by atoms with van der Waals surface area (Å²) >= 11 is 3.94. The highest BCUT2D eigenvalue weighted by molar-refractivity contribution is 7.80. The molecule has 0 amide bonds. The van der Waals surface area contributed by atoms with Gasteiger partial charge in [-0.2, -0.15) is 12.6 Å². The fourth-order valence-corrected chi connectivity index (χ4v) is 0.947. The van der Waals surface area contributed by atoms with Crippen molar-refractivity contribution in [1.82, 2.24) is 5.32 Å². The van der Waals surface area contributed by atoms with Gasteiger partial charge in [-0.1, -0.05) is 6.92 Å². The topological polar surface area (TPSA) is 49.3 Å². The maximum Gasteiger partial charge on any atom is 0.320 e. The molecule has 0 aromatic rings. The lowest BCUT2D eigenvalue weighted by molar-refractivity contribution is -0.139. The summed E-state index contributed by atoms with van der Waals surface area (Å²) in [6.07, 6.45) is 0.576. The Morgan fingerprint density at radius 1 is 1.80 bits per heavy atom. The number of hydrogen-bond acceptors (Lipinski definition) is 3. The van der Waals surface area contributed by atoms with Gasteiger partial charge in [0.1, 0.15) is 6.04 Å². The van der Waals surface area contributed by atoms with Gasteiger partial charge < -0.3 is 10.4 Å². The first-order valence-corrected chi connectivity index (χ1v) is 3.92. The Labute approximate surface area is 66.2 Å². The van der Waals surface area contributed by atoms with Gasteiger partial charge in [0.05, 0.1) is 0 Å². The second-order valence-electron chi connectivity index (χ2n) is 1.96. The van der Waals surface area contributed by atoms with Crippen molar-refractivity contribution in [2.45, 2.75) is 19.4 Å². The average Bonchev–Trinajstić information content (AvgIpc) is 1.87. The molecule has 0 aromatic carbocycles. The van der Waals surface area contributed by atoms with Gasteiger partial charge in [-0.05, 0) is 18.7 Å². The third-order valence-electron chi connectivity index (χ3n) is 1.17. The first kappa shape index (κ1) is 9.78. The normalized spacial score (nSPS) is 13.0. The van der Waals surface area contributed by atoms with Gasteiger partial charge in [-0.15, -0.1) is 0 Å². The Morgan fingerprint density at radius 3 is 2.70 bits per heavy atom. The predicted octanol–water partition coefficient (Wildman–Crippen LogP) is 0.369. The van der Waals surface area contributed by atoms with Gasteiger partial charge in [-0.25, -0.2) is 0 Å². The molecule has 4 heteroatoms. The minimum atomic E-state index is -0.795. The van der Waals surface area contributed by atoms with E-state index in [-0.39, 0.29) is 0 Å². The molecule has 0 fully saturated rings. The molecule has 1 atom stereocenters. The second-order valence-corrected chi connectivity index (χ2v) is 2.41. The van der Waals surface area contributed by atoms with Crippen molar-refractivity contribution >= 4 is 18.6 Å². The summed E-state index contributed by atoms with van der Waals surface area (Å²) in [5, 5.41) is 11.4. The van der Waals surface area contributed by atoms with Crippen LogP contribution < -0.4 is 5.32 Å². The third kappa shape index (κ3) is 3.74. The van der Waals surface area contributed by atoms with Gasteiger partial charge in [-0.3, -0.25) is 4.79 Å². The standard InChI is InChI=1S/C6H13NO2S/c1-2-7-5(3-4-10)6(8)9/h5,7,10H,2-4H2,1H3,(H,8,9)/t5-/m0/s1. The number of thiol groups is 1. The van der Waals surface area contributed by atoms with Crippen LogP contribution in [-0.2, 0) is 4.79 Å². The highest BCUT2D eigenvalue weighted by Gasteiger charge is 2.13. The van der Waals surface area contributed by atoms with Gasteiger partial charge >= 0.3 is 5.97 Å². The third-order valence-corrected chi connectivity index (χ3v) is 1.42. The summed E-state index contributed by atoms with van der Waals surface area (Å²) in [6.45, 7) is 2.57. The van der Waals surface area contributed by atoms with Crippen LogP contribution in [0.3, 0.4) is 0 Å². The molecule has 0 bridgehead atoms. The van der Waals surface area contributed by atoms with E-state index < -0.39 is 12.0 Å². The number of hydrogen-bond donors (Lipinski definition) is 3. The zero-order chi connectivity index (χ0) is 7.98. The van der Waals surface area contributed by atoms with Gasteiger partial charge in [0, 0.05) is 0 Å². The first-order chi connectivity index (χ1) is 4.72. The van der Waals surface area contributed by atoms with Crippen LogP contribution in [-0.4, -0.2) is 29.4 Å². The molecule has 10 heavy (non-hydrogen) atoms. The molecular formula is C6H13NO2S. The predicted molar refractivity (Wildman–Crippen MR) is 43.6 cm³/mol. The quantitative estimate of drug-likeness (QED) is 0.513. The van der Waals surface area contributed by atoms with Crippen molar-refractivity contribution in [3.05, 3.63) is 0 Å². The van der Waals surface area contributed by atoms with E-state index in [1.807, 2.05) is 6.92 Å². The number of aliphatic carboxylic acids is 1. The average molecular weight is 163 g/mol. The summed E-state index contributed by atoms with van der Waals surface area (Å²) in [5.74, 6) is -0.194. The monoisotopic (exact) mass is 163 g/mol. The van der Waals surface area contributed by atoms with Crippen LogP contribution in [0.4, 0.5) is 0 Å². The maximum absolute atomic E-state index is 10.4. The van der Waals surface area contributed by atoms with E-state index in [4.69, 9.17) is 5.11 Å². The number of likely N-dealkylation sites (N-methyl/N-ethyl adjacent to an activating group) is 1. The number of carbonyl (C=O) groups is 1. The van der Waals surface area contributed by atoms with Gasteiger partial charge in [0.25, 0.3) is 0 Å². The van der Waals surface area contributed by atoms with Crippen LogP contribution in [0, 0.1) is 0 Å². The SMILES string of the molecule is CCN[C@@H](CCS)C(=O)O. The highest BCUT2D eigenvalue weighted by atomic mass is 32.1. The zero-order valence-electron chi connectivity index (χ0n) is 6.00. The highest BCUT2D eigenvalue weighted by Crippen LogP contribution is 1.93. The Bertz CT molecular complexity index is 102. The number of rotatable bonds is 5. The summed E-state index contributed by atoms with van der Waals surface area (Å²) < 4.78 is 0. The molecule has 0 aliphatic heterocycles. The molecule has 0 radical (unpaired) electrons. The summed E-state index contributed by atoms with van der Waals surface area (Å²) in [6, 6.07) is -0.428. The van der Waals surface area contributed by atoms with Crippen LogP contribution in [0.5, 0.6) is 0 Å². The van der Waals surface area contributed by atoms with Crippen molar-refractivity contribution in [2.75, 3.05) is 12.3 Å². The number of carboxylic acid groups (broad SMARTS) is 1. The summed E-state index contributed by atoms with van der Waals surface area (Å²) in [5.41, 5.74) is 0. The largest absolute Gasteiger partial charge is 0.480 e. The minimum absolute atomic E-state index is 0.428. The lowest BCUT2D eigenvalue weighted by Gasteiger charge is -2.10. The molecule has 0 saturated heterocycles. The zero-order valence-corrected chi connectivity index (χ0v) is 6.90. The van der Waals surface area contributed by atoms with E-state index in [1.165, 1.54) is 0 Å². The van der Waals surface area contributed by atoms with E-state index in [2.05, 4.69) is 17.9 Å². The van der Waals surface area contributed by atoms with E-state index in [0.717, 1.165) is 0 Å². The van der Waals surface area contributed by atoms with Crippen molar-refractivity contribution in [2.24, 2.45) is 0 Å². The Kier molecular flexibility index (Phi) is 5.43. The minimum Gasteiger partial charge on any atom is -0.480 e. The lowest BCUT2D eigenvalue weighted by Crippen LogP contribution is -2.36. The number of carboxylic acids is 1. The Hall–Kier alpha value is -0.220. The van der Waals surface area contributed by atoms with Gasteiger partial charge in [0.2, 0.25) is 0 Å². The first-order valence-electron chi connectivity index (χ1n) is 3.29. The van der Waals surface area contributed by atoms with Crippen molar-refractivity contribution in [1.29, 1.82) is 0 Å². The van der Waals surface area contributed by atoms with E-state index >= 15 is 0 Å². The van der Waals surface area contributed by atoms with Crippen LogP contribution >= 0.6 is 12.6 Å². The molecule has 0 rings (SSSR count). The fourth-order valence-electron chi connectivity index (χ4n) is 0.688. The van der Waals surface area contributed by atoms with Crippen molar-refractivity contribution in [3.8, 4) is 0 Å². The second kappa shape index (κ2) is 5.56. The molecule has 0 saturated carbocycles. The van der Waals surface area contributed by atoms with Crippen LogP contribution in [0.1, 0.15) is 13.3 Å². The molecule has 0 unspecified atom stereocenters. The molecule has 0 aliphatic rings. The molecule has 3 nitrogen and oxygen atoms in total. The molecule has 0 spiro atoms.